The molecule has 0 spiro atoms. The number of rotatable bonds is 8. The third-order valence-corrected chi connectivity index (χ3v) is 6.81. The molecule has 5 aromatic rings. The van der Waals surface area contributed by atoms with Crippen LogP contribution in [0, 0.1) is 11.3 Å². The van der Waals surface area contributed by atoms with Crippen LogP contribution in [0.1, 0.15) is 46.5 Å². The fraction of sp³-hybridized carbons (Fsp3) is 0.121. The number of ether oxygens (including phenoxy) is 1. The lowest BCUT2D eigenvalue weighted by molar-refractivity contribution is -0.149. The zero-order chi connectivity index (χ0) is 26.4. The highest BCUT2D eigenvalue weighted by Gasteiger charge is 2.48. The quantitative estimate of drug-likeness (QED) is 0.183. The van der Waals surface area contributed by atoms with Gasteiger partial charge in [0, 0.05) is 13.5 Å². The number of benzene rings is 4. The van der Waals surface area contributed by atoms with Gasteiger partial charge in [-0.05, 0) is 34.4 Å². The first kappa shape index (κ1) is 24.7. The second-order valence-corrected chi connectivity index (χ2v) is 9.15. The minimum Gasteiger partial charge on any atom is -0.454 e. The molecule has 1 aromatic heterocycles. The van der Waals surface area contributed by atoms with Crippen molar-refractivity contribution in [2.45, 2.75) is 25.0 Å². The molecule has 5 heteroatoms. The maximum Gasteiger partial charge on any atom is 0.303 e. The molecule has 5 nitrogen and oxygen atoms in total. The maximum atomic E-state index is 12.7. The van der Waals surface area contributed by atoms with Gasteiger partial charge in [-0.1, -0.05) is 103 Å². The van der Waals surface area contributed by atoms with Crippen LogP contribution >= 0.6 is 0 Å². The van der Waals surface area contributed by atoms with Crippen LogP contribution < -0.4 is 0 Å². The molecule has 5 rings (SSSR count). The number of esters is 1. The minimum atomic E-state index is -0.863. The standard InChI is InChI=1S/C33H27N3O2/c1-25(37)38-32(31-22-35-24-36(31)23-27-19-17-26(21-34)18-20-27)33(28-11-5-2-6-12-28,29-13-7-3-8-14-29)30-15-9-4-10-16-30/h2-20,22,24,32H,23H2,1H3. The van der Waals surface area contributed by atoms with E-state index in [-0.39, 0.29) is 5.97 Å². The lowest BCUT2D eigenvalue weighted by Crippen LogP contribution is -2.39. The summed E-state index contributed by atoms with van der Waals surface area (Å²) >= 11 is 0. The van der Waals surface area contributed by atoms with Crippen LogP contribution in [0.2, 0.25) is 0 Å². The van der Waals surface area contributed by atoms with Gasteiger partial charge in [-0.2, -0.15) is 5.26 Å². The molecule has 0 radical (unpaired) electrons. The highest BCUT2D eigenvalue weighted by molar-refractivity contribution is 5.67. The van der Waals surface area contributed by atoms with Crippen molar-refractivity contribution in [2.75, 3.05) is 0 Å². The van der Waals surface area contributed by atoms with E-state index in [0.717, 1.165) is 27.9 Å². The van der Waals surface area contributed by atoms with Gasteiger partial charge in [0.2, 0.25) is 0 Å². The zero-order valence-corrected chi connectivity index (χ0v) is 21.1. The summed E-state index contributed by atoms with van der Waals surface area (Å²) in [5, 5.41) is 9.19. The second kappa shape index (κ2) is 11.0. The molecule has 0 aliphatic heterocycles. The number of hydrogen-bond donors (Lipinski definition) is 0. The summed E-state index contributed by atoms with van der Waals surface area (Å²) in [6, 6.07) is 40.1. The van der Waals surface area contributed by atoms with Crippen LogP contribution in [-0.2, 0) is 21.5 Å². The smallest absolute Gasteiger partial charge is 0.303 e. The van der Waals surface area contributed by atoms with Crippen LogP contribution in [0.4, 0.5) is 0 Å². The van der Waals surface area contributed by atoms with Gasteiger partial charge in [0.15, 0.2) is 6.10 Å². The molecule has 0 aliphatic carbocycles. The molecule has 38 heavy (non-hydrogen) atoms. The van der Waals surface area contributed by atoms with E-state index in [1.54, 1.807) is 24.7 Å². The molecule has 186 valence electrons. The van der Waals surface area contributed by atoms with Crippen molar-refractivity contribution in [2.24, 2.45) is 0 Å². The second-order valence-electron chi connectivity index (χ2n) is 9.15. The number of nitriles is 1. The average Bonchev–Trinajstić information content (AvgIpc) is 3.42. The number of carbonyl (C=O) groups is 1. The van der Waals surface area contributed by atoms with E-state index in [0.29, 0.717) is 12.1 Å². The average molecular weight is 498 g/mol. The van der Waals surface area contributed by atoms with Gasteiger partial charge in [-0.3, -0.25) is 4.79 Å². The Morgan fingerprint density at radius 3 is 1.79 bits per heavy atom. The molecule has 1 heterocycles. The Morgan fingerprint density at radius 2 is 1.34 bits per heavy atom. The van der Waals surface area contributed by atoms with Crippen molar-refractivity contribution in [3.63, 3.8) is 0 Å². The normalized spacial score (nSPS) is 11.9. The third-order valence-electron chi connectivity index (χ3n) is 6.81. The van der Waals surface area contributed by atoms with E-state index < -0.39 is 11.5 Å². The number of nitrogens with zero attached hydrogens (tertiary/aromatic N) is 3. The van der Waals surface area contributed by atoms with Gasteiger partial charge in [-0.25, -0.2) is 4.98 Å². The number of hydrogen-bond acceptors (Lipinski definition) is 4. The number of aromatic nitrogens is 2. The SMILES string of the molecule is CC(=O)OC(c1cncn1Cc1ccc(C#N)cc1)C(c1ccccc1)(c1ccccc1)c1ccccc1. The molecule has 1 unspecified atom stereocenters. The summed E-state index contributed by atoms with van der Waals surface area (Å²) in [6.45, 7) is 1.95. The molecular formula is C33H27N3O2. The third kappa shape index (κ3) is 4.72. The molecule has 0 saturated heterocycles. The summed E-state index contributed by atoms with van der Waals surface area (Å²) in [5.41, 5.74) is 4.50. The Hall–Kier alpha value is -4.95. The van der Waals surface area contributed by atoms with Crippen molar-refractivity contribution in [3.8, 4) is 6.07 Å². The summed E-state index contributed by atoms with van der Waals surface area (Å²) in [6.07, 6.45) is 2.81. The molecule has 0 bridgehead atoms. The number of carbonyl (C=O) groups excluding carboxylic acids is 1. The largest absolute Gasteiger partial charge is 0.454 e. The maximum absolute atomic E-state index is 12.7. The topological polar surface area (TPSA) is 67.9 Å². The van der Waals surface area contributed by atoms with Gasteiger partial charge in [0.1, 0.15) is 0 Å². The van der Waals surface area contributed by atoms with Crippen LogP contribution in [0.3, 0.4) is 0 Å². The first-order valence-electron chi connectivity index (χ1n) is 12.5. The van der Waals surface area contributed by atoms with Crippen molar-refractivity contribution in [1.29, 1.82) is 5.26 Å². The van der Waals surface area contributed by atoms with Crippen LogP contribution in [0.25, 0.3) is 0 Å². The molecule has 0 fully saturated rings. The molecule has 0 amide bonds. The molecule has 4 aromatic carbocycles. The summed E-state index contributed by atoms with van der Waals surface area (Å²) < 4.78 is 8.31. The molecule has 0 aliphatic rings. The highest BCUT2D eigenvalue weighted by Crippen LogP contribution is 2.50. The molecule has 0 N–H and O–H groups in total. The minimum absolute atomic E-state index is 0.381. The fourth-order valence-electron chi connectivity index (χ4n) is 5.16. The Kier molecular flexibility index (Phi) is 7.15. The lowest BCUT2D eigenvalue weighted by Gasteiger charge is -2.42. The predicted molar refractivity (Wildman–Crippen MR) is 146 cm³/mol. The lowest BCUT2D eigenvalue weighted by atomic mass is 9.65. The van der Waals surface area contributed by atoms with E-state index in [1.807, 2.05) is 71.3 Å². The Labute approximate surface area is 222 Å². The van der Waals surface area contributed by atoms with Crippen molar-refractivity contribution in [1.82, 2.24) is 9.55 Å². The van der Waals surface area contributed by atoms with E-state index in [1.165, 1.54) is 6.92 Å². The van der Waals surface area contributed by atoms with Gasteiger partial charge in [-0.15, -0.1) is 0 Å². The van der Waals surface area contributed by atoms with E-state index in [9.17, 15) is 10.1 Å². The van der Waals surface area contributed by atoms with Gasteiger partial charge < -0.3 is 9.30 Å². The molecule has 0 saturated carbocycles. The van der Waals surface area contributed by atoms with Gasteiger partial charge in [0.25, 0.3) is 0 Å². The molecular weight excluding hydrogens is 470 g/mol. The van der Waals surface area contributed by atoms with Gasteiger partial charge >= 0.3 is 5.97 Å². The predicted octanol–water partition coefficient (Wildman–Crippen LogP) is 6.44. The van der Waals surface area contributed by atoms with Crippen molar-refractivity contribution in [3.05, 3.63) is 161 Å². The van der Waals surface area contributed by atoms with Crippen molar-refractivity contribution >= 4 is 5.97 Å². The van der Waals surface area contributed by atoms with E-state index in [2.05, 4.69) is 47.5 Å². The van der Waals surface area contributed by atoms with E-state index >= 15 is 0 Å². The first-order valence-corrected chi connectivity index (χ1v) is 12.5. The van der Waals surface area contributed by atoms with Crippen LogP contribution in [0.15, 0.2) is 128 Å². The first-order chi connectivity index (χ1) is 18.6. The summed E-state index contributed by atoms with van der Waals surface area (Å²) in [4.78, 5) is 17.2. The monoisotopic (exact) mass is 497 g/mol. The highest BCUT2D eigenvalue weighted by atomic mass is 16.5. The van der Waals surface area contributed by atoms with Crippen LogP contribution in [-0.4, -0.2) is 15.5 Å². The summed E-state index contributed by atoms with van der Waals surface area (Å²) in [7, 11) is 0. The fourth-order valence-corrected chi connectivity index (χ4v) is 5.16. The Bertz CT molecular complexity index is 1440. The number of imidazole rings is 1. The summed E-state index contributed by atoms with van der Waals surface area (Å²) in [5.74, 6) is -0.381. The van der Waals surface area contributed by atoms with Crippen LogP contribution in [0.5, 0.6) is 0 Å². The zero-order valence-electron chi connectivity index (χ0n) is 21.1. The molecule has 1 atom stereocenters. The van der Waals surface area contributed by atoms with E-state index in [4.69, 9.17) is 4.74 Å². The van der Waals surface area contributed by atoms with Gasteiger partial charge in [0.05, 0.1) is 35.3 Å². The Balaban J connectivity index is 1.77. The Morgan fingerprint density at radius 1 is 0.842 bits per heavy atom. The van der Waals surface area contributed by atoms with Crippen molar-refractivity contribution < 1.29 is 9.53 Å².